The van der Waals surface area contributed by atoms with Crippen molar-refractivity contribution in [1.29, 1.82) is 0 Å². The first kappa shape index (κ1) is 17.0. The number of nitrogens with zero attached hydrogens (tertiary/aromatic N) is 1. The van der Waals surface area contributed by atoms with Crippen LogP contribution in [-0.4, -0.2) is 41.8 Å². The van der Waals surface area contributed by atoms with E-state index >= 15 is 0 Å². The zero-order valence-corrected chi connectivity index (χ0v) is 14.3. The molecule has 130 valence electrons. The highest BCUT2D eigenvalue weighted by molar-refractivity contribution is 5.81. The molecule has 0 aliphatic carbocycles. The highest BCUT2D eigenvalue weighted by Gasteiger charge is 2.25. The lowest BCUT2D eigenvalue weighted by Gasteiger charge is -2.37. The molecule has 1 aliphatic heterocycles. The van der Waals surface area contributed by atoms with Crippen LogP contribution in [0.2, 0.25) is 0 Å². The van der Waals surface area contributed by atoms with Crippen LogP contribution in [0.25, 0.3) is 11.0 Å². The van der Waals surface area contributed by atoms with Gasteiger partial charge >= 0.3 is 5.63 Å². The predicted molar refractivity (Wildman–Crippen MR) is 93.6 cm³/mol. The van der Waals surface area contributed by atoms with E-state index in [1.165, 1.54) is 18.9 Å². The van der Waals surface area contributed by atoms with Crippen LogP contribution in [0.3, 0.4) is 0 Å². The van der Waals surface area contributed by atoms with Crippen molar-refractivity contribution >= 4 is 11.0 Å². The fraction of sp³-hybridized carbons (Fsp3) is 0.526. The molecule has 0 amide bonds. The average molecular weight is 331 g/mol. The second-order valence-corrected chi connectivity index (χ2v) is 6.59. The van der Waals surface area contributed by atoms with E-state index in [1.54, 1.807) is 6.07 Å². The Labute approximate surface area is 141 Å². The molecule has 1 aliphatic rings. The van der Waals surface area contributed by atoms with Crippen molar-refractivity contribution in [3.05, 3.63) is 40.2 Å². The second kappa shape index (κ2) is 7.36. The van der Waals surface area contributed by atoms with E-state index in [-0.39, 0.29) is 17.8 Å². The minimum Gasteiger partial charge on any atom is -0.492 e. The van der Waals surface area contributed by atoms with Crippen molar-refractivity contribution in [2.45, 2.75) is 45.3 Å². The number of ether oxygens (including phenoxy) is 1. The molecule has 1 aromatic heterocycles. The molecule has 2 unspecified atom stereocenters. The third-order valence-corrected chi connectivity index (χ3v) is 4.79. The Morgan fingerprint density at radius 1 is 1.38 bits per heavy atom. The molecule has 2 heterocycles. The van der Waals surface area contributed by atoms with Crippen molar-refractivity contribution in [2.75, 3.05) is 19.7 Å². The standard InChI is InChI=1S/C19H25NO4/c1-13-11-19(22)24-18-12-15(6-7-16(13)18)23-10-9-20-8-4-3-5-17(20)14(2)21/h6-7,11-12,14,17,21H,3-5,8-10H2,1-2H3. The van der Waals surface area contributed by atoms with Crippen LogP contribution >= 0.6 is 0 Å². The highest BCUT2D eigenvalue weighted by Crippen LogP contribution is 2.23. The number of rotatable bonds is 5. The third kappa shape index (κ3) is 3.79. The fourth-order valence-electron chi connectivity index (χ4n) is 3.52. The normalized spacial score (nSPS) is 20.2. The lowest BCUT2D eigenvalue weighted by atomic mass is 9.98. The molecule has 5 nitrogen and oxygen atoms in total. The van der Waals surface area contributed by atoms with Crippen LogP contribution < -0.4 is 10.4 Å². The molecule has 1 saturated heterocycles. The number of piperidine rings is 1. The predicted octanol–water partition coefficient (Wildman–Crippen LogP) is 2.72. The molecule has 1 N–H and O–H groups in total. The summed E-state index contributed by atoms with van der Waals surface area (Å²) < 4.78 is 11.1. The first-order valence-corrected chi connectivity index (χ1v) is 8.64. The van der Waals surface area contributed by atoms with Crippen molar-refractivity contribution in [3.63, 3.8) is 0 Å². The Morgan fingerprint density at radius 2 is 2.21 bits per heavy atom. The molecule has 24 heavy (non-hydrogen) atoms. The summed E-state index contributed by atoms with van der Waals surface area (Å²) in [6.45, 7) is 6.09. The third-order valence-electron chi connectivity index (χ3n) is 4.79. The van der Waals surface area contributed by atoms with Gasteiger partial charge in [-0.1, -0.05) is 6.42 Å². The summed E-state index contributed by atoms with van der Waals surface area (Å²) in [5, 5.41) is 10.8. The van der Waals surface area contributed by atoms with Gasteiger partial charge in [0.15, 0.2) is 0 Å². The van der Waals surface area contributed by atoms with Gasteiger partial charge in [-0.15, -0.1) is 0 Å². The van der Waals surface area contributed by atoms with Gasteiger partial charge in [0, 0.05) is 30.1 Å². The minimum absolute atomic E-state index is 0.222. The number of fused-ring (bicyclic) bond motifs is 1. The second-order valence-electron chi connectivity index (χ2n) is 6.59. The van der Waals surface area contributed by atoms with E-state index < -0.39 is 0 Å². The van der Waals surface area contributed by atoms with Gasteiger partial charge in [-0.05, 0) is 50.9 Å². The quantitative estimate of drug-likeness (QED) is 0.854. The summed E-state index contributed by atoms with van der Waals surface area (Å²) >= 11 is 0. The van der Waals surface area contributed by atoms with E-state index in [2.05, 4.69) is 4.90 Å². The van der Waals surface area contributed by atoms with Gasteiger partial charge in [0.25, 0.3) is 0 Å². The van der Waals surface area contributed by atoms with E-state index in [0.29, 0.717) is 17.9 Å². The van der Waals surface area contributed by atoms with Crippen LogP contribution in [0.1, 0.15) is 31.7 Å². The van der Waals surface area contributed by atoms with E-state index in [9.17, 15) is 9.90 Å². The molecule has 0 spiro atoms. The van der Waals surface area contributed by atoms with Crippen LogP contribution in [0.5, 0.6) is 5.75 Å². The number of aryl methyl sites for hydroxylation is 1. The molecule has 0 radical (unpaired) electrons. The van der Waals surface area contributed by atoms with Gasteiger partial charge < -0.3 is 14.3 Å². The SMILES string of the molecule is Cc1cc(=O)oc2cc(OCCN3CCCCC3C(C)O)ccc12. The number of benzene rings is 1. The van der Waals surface area contributed by atoms with Gasteiger partial charge in [-0.25, -0.2) is 4.79 Å². The van der Waals surface area contributed by atoms with Crippen LogP contribution in [0, 0.1) is 6.92 Å². The molecular weight excluding hydrogens is 306 g/mol. The first-order chi connectivity index (χ1) is 11.5. The molecule has 3 rings (SSSR count). The topological polar surface area (TPSA) is 62.9 Å². The Morgan fingerprint density at radius 3 is 3.00 bits per heavy atom. The summed E-state index contributed by atoms with van der Waals surface area (Å²) in [5.41, 5.74) is 1.11. The summed E-state index contributed by atoms with van der Waals surface area (Å²) in [5.74, 6) is 0.696. The van der Waals surface area contributed by atoms with Gasteiger partial charge in [0.1, 0.15) is 17.9 Å². The van der Waals surface area contributed by atoms with Crippen molar-refractivity contribution < 1.29 is 14.3 Å². The summed E-state index contributed by atoms with van der Waals surface area (Å²) in [6.07, 6.45) is 3.07. The lowest BCUT2D eigenvalue weighted by molar-refractivity contribution is 0.0293. The van der Waals surface area contributed by atoms with Crippen molar-refractivity contribution in [2.24, 2.45) is 0 Å². The number of aliphatic hydroxyl groups excluding tert-OH is 1. The van der Waals surface area contributed by atoms with Crippen LogP contribution in [-0.2, 0) is 0 Å². The Kier molecular flexibility index (Phi) is 5.21. The molecule has 0 bridgehead atoms. The zero-order valence-electron chi connectivity index (χ0n) is 14.3. The molecule has 2 atom stereocenters. The molecule has 2 aromatic rings. The smallest absolute Gasteiger partial charge is 0.336 e. The molecule has 1 fully saturated rings. The number of aliphatic hydroxyl groups is 1. The van der Waals surface area contributed by atoms with E-state index in [1.807, 2.05) is 26.0 Å². The van der Waals surface area contributed by atoms with Crippen molar-refractivity contribution in [3.8, 4) is 5.75 Å². The fourth-order valence-corrected chi connectivity index (χ4v) is 3.52. The Bertz CT molecular complexity index is 753. The van der Waals surface area contributed by atoms with Crippen LogP contribution in [0.15, 0.2) is 33.5 Å². The monoisotopic (exact) mass is 331 g/mol. The van der Waals surface area contributed by atoms with Gasteiger partial charge in [-0.3, -0.25) is 4.90 Å². The van der Waals surface area contributed by atoms with Gasteiger partial charge in [-0.2, -0.15) is 0 Å². The maximum absolute atomic E-state index is 11.5. The summed E-state index contributed by atoms with van der Waals surface area (Å²) in [7, 11) is 0. The van der Waals surface area contributed by atoms with Gasteiger partial charge in [0.2, 0.25) is 0 Å². The highest BCUT2D eigenvalue weighted by atomic mass is 16.5. The molecule has 1 aromatic carbocycles. The zero-order chi connectivity index (χ0) is 17.1. The minimum atomic E-state index is -0.342. The van der Waals surface area contributed by atoms with Crippen LogP contribution in [0.4, 0.5) is 0 Å². The first-order valence-electron chi connectivity index (χ1n) is 8.64. The number of hydrogen-bond acceptors (Lipinski definition) is 5. The van der Waals surface area contributed by atoms with E-state index in [4.69, 9.17) is 9.15 Å². The van der Waals surface area contributed by atoms with E-state index in [0.717, 1.165) is 30.5 Å². The maximum Gasteiger partial charge on any atom is 0.336 e. The summed E-state index contributed by atoms with van der Waals surface area (Å²) in [6, 6.07) is 7.31. The van der Waals surface area contributed by atoms with Gasteiger partial charge in [0.05, 0.1) is 6.10 Å². The number of likely N-dealkylation sites (tertiary alicyclic amines) is 1. The van der Waals surface area contributed by atoms with Crippen molar-refractivity contribution in [1.82, 2.24) is 4.90 Å². The maximum atomic E-state index is 11.5. The molecule has 5 heteroatoms. The molecule has 0 saturated carbocycles. The average Bonchev–Trinajstić information content (AvgIpc) is 2.54. The number of hydrogen-bond donors (Lipinski definition) is 1. The lowest BCUT2D eigenvalue weighted by Crippen LogP contribution is -2.47. The Hall–Kier alpha value is -1.85. The Balaban J connectivity index is 1.64. The summed E-state index contributed by atoms with van der Waals surface area (Å²) in [4.78, 5) is 13.8. The largest absolute Gasteiger partial charge is 0.492 e. The molecular formula is C19H25NO4.